The molecule has 0 saturated carbocycles. The molecular formula is C15H22N2O2S. The molecule has 0 aromatic carbocycles. The number of aliphatic hydroxyl groups is 1. The molecule has 3 rings (SSSR count). The highest BCUT2D eigenvalue weighted by atomic mass is 32.1. The van der Waals surface area contributed by atoms with E-state index in [9.17, 15) is 9.90 Å². The number of likely N-dealkylation sites (tertiary alicyclic amines) is 2. The molecular weight excluding hydrogens is 272 g/mol. The molecule has 3 heterocycles. The van der Waals surface area contributed by atoms with Gasteiger partial charge < -0.3 is 10.0 Å². The summed E-state index contributed by atoms with van der Waals surface area (Å²) in [6.07, 6.45) is 3.77. The van der Waals surface area contributed by atoms with Crippen LogP contribution >= 0.6 is 11.3 Å². The lowest BCUT2D eigenvalue weighted by Crippen LogP contribution is -2.45. The van der Waals surface area contributed by atoms with E-state index in [4.69, 9.17) is 0 Å². The van der Waals surface area contributed by atoms with E-state index in [1.54, 1.807) is 11.3 Å². The van der Waals surface area contributed by atoms with Gasteiger partial charge in [0.2, 0.25) is 5.91 Å². The zero-order valence-corrected chi connectivity index (χ0v) is 12.5. The quantitative estimate of drug-likeness (QED) is 0.925. The number of amides is 1. The van der Waals surface area contributed by atoms with E-state index in [0.717, 1.165) is 38.8 Å². The van der Waals surface area contributed by atoms with Crippen molar-refractivity contribution in [1.29, 1.82) is 0 Å². The first-order valence-electron chi connectivity index (χ1n) is 7.47. The average molecular weight is 294 g/mol. The number of carbonyl (C=O) groups excluding carboxylic acids is 1. The standard InChI is InChI=1S/C15H22N2O2S/c18-12-4-1-7-16(10-12)11-15(19)17-8-2-5-13(17)14-6-3-9-20-14/h3,6,9,12-13,18H,1-2,4-5,7-8,10-11H2. The molecule has 1 aromatic heterocycles. The third-order valence-corrected chi connectivity index (χ3v) is 5.26. The van der Waals surface area contributed by atoms with Crippen LogP contribution in [0.1, 0.15) is 36.6 Å². The van der Waals surface area contributed by atoms with Crippen LogP contribution in [-0.4, -0.2) is 53.1 Å². The van der Waals surface area contributed by atoms with E-state index in [1.807, 2.05) is 4.90 Å². The van der Waals surface area contributed by atoms with E-state index in [2.05, 4.69) is 22.4 Å². The minimum Gasteiger partial charge on any atom is -0.392 e. The zero-order valence-electron chi connectivity index (χ0n) is 11.7. The van der Waals surface area contributed by atoms with E-state index in [0.29, 0.717) is 13.1 Å². The van der Waals surface area contributed by atoms with Crippen LogP contribution in [0.2, 0.25) is 0 Å². The molecule has 1 N–H and O–H groups in total. The van der Waals surface area contributed by atoms with Gasteiger partial charge in [-0.3, -0.25) is 9.69 Å². The summed E-state index contributed by atoms with van der Waals surface area (Å²) in [4.78, 5) is 18.0. The van der Waals surface area contributed by atoms with Crippen LogP contribution in [-0.2, 0) is 4.79 Å². The first kappa shape index (κ1) is 14.0. The second-order valence-corrected chi connectivity index (χ2v) is 6.77. The number of nitrogens with zero attached hydrogens (tertiary/aromatic N) is 2. The van der Waals surface area contributed by atoms with Gasteiger partial charge >= 0.3 is 0 Å². The van der Waals surface area contributed by atoms with Crippen LogP contribution in [0.15, 0.2) is 17.5 Å². The SMILES string of the molecule is O=C(CN1CCCC(O)C1)N1CCCC1c1cccs1. The Hall–Kier alpha value is -0.910. The maximum absolute atomic E-state index is 12.5. The molecule has 0 radical (unpaired) electrons. The number of rotatable bonds is 3. The summed E-state index contributed by atoms with van der Waals surface area (Å²) in [6, 6.07) is 4.46. The third kappa shape index (κ3) is 3.05. The van der Waals surface area contributed by atoms with Gasteiger partial charge in [-0.15, -0.1) is 11.3 Å². The van der Waals surface area contributed by atoms with Crippen LogP contribution in [0.3, 0.4) is 0 Å². The number of hydrogen-bond donors (Lipinski definition) is 1. The van der Waals surface area contributed by atoms with Crippen molar-refractivity contribution in [2.75, 3.05) is 26.2 Å². The van der Waals surface area contributed by atoms with Gasteiger partial charge in [0.25, 0.3) is 0 Å². The lowest BCUT2D eigenvalue weighted by molar-refractivity contribution is -0.134. The molecule has 2 atom stereocenters. The van der Waals surface area contributed by atoms with Crippen LogP contribution in [0.5, 0.6) is 0 Å². The van der Waals surface area contributed by atoms with Crippen molar-refractivity contribution in [3.05, 3.63) is 22.4 Å². The Morgan fingerprint density at radius 3 is 2.95 bits per heavy atom. The molecule has 0 aliphatic carbocycles. The largest absolute Gasteiger partial charge is 0.392 e. The summed E-state index contributed by atoms with van der Waals surface area (Å²) < 4.78 is 0. The summed E-state index contributed by atoms with van der Waals surface area (Å²) in [5.74, 6) is 0.218. The van der Waals surface area contributed by atoms with E-state index in [1.165, 1.54) is 4.88 Å². The minimum absolute atomic E-state index is 0.218. The summed E-state index contributed by atoms with van der Waals surface area (Å²) in [7, 11) is 0. The van der Waals surface area contributed by atoms with Gasteiger partial charge in [0.05, 0.1) is 18.7 Å². The molecule has 2 aliphatic rings. The molecule has 110 valence electrons. The van der Waals surface area contributed by atoms with Crippen molar-refractivity contribution < 1.29 is 9.90 Å². The molecule has 1 amide bonds. The Morgan fingerprint density at radius 1 is 1.35 bits per heavy atom. The molecule has 0 spiro atoms. The Morgan fingerprint density at radius 2 is 2.20 bits per heavy atom. The maximum Gasteiger partial charge on any atom is 0.237 e. The number of β-amino-alcohol motifs (C(OH)–C–C–N with tert-alkyl or cyclic N) is 1. The van der Waals surface area contributed by atoms with Crippen LogP contribution in [0.25, 0.3) is 0 Å². The lowest BCUT2D eigenvalue weighted by Gasteiger charge is -2.32. The van der Waals surface area contributed by atoms with Gasteiger partial charge in [-0.1, -0.05) is 6.07 Å². The van der Waals surface area contributed by atoms with Gasteiger partial charge in [0.15, 0.2) is 0 Å². The Balaban J connectivity index is 1.61. The van der Waals surface area contributed by atoms with Crippen LogP contribution in [0.4, 0.5) is 0 Å². The Kier molecular flexibility index (Phi) is 4.38. The summed E-state index contributed by atoms with van der Waals surface area (Å²) in [5.41, 5.74) is 0. The van der Waals surface area contributed by atoms with Gasteiger partial charge in [-0.05, 0) is 43.7 Å². The predicted octanol–water partition coefficient (Wildman–Crippen LogP) is 1.87. The van der Waals surface area contributed by atoms with E-state index >= 15 is 0 Å². The topological polar surface area (TPSA) is 43.8 Å². The molecule has 1 aromatic rings. The van der Waals surface area contributed by atoms with Crippen molar-refractivity contribution in [2.24, 2.45) is 0 Å². The number of carbonyl (C=O) groups is 1. The zero-order chi connectivity index (χ0) is 13.9. The highest BCUT2D eigenvalue weighted by Gasteiger charge is 2.31. The fourth-order valence-electron chi connectivity index (χ4n) is 3.30. The van der Waals surface area contributed by atoms with Crippen molar-refractivity contribution in [1.82, 2.24) is 9.80 Å². The number of aliphatic hydroxyl groups excluding tert-OH is 1. The van der Waals surface area contributed by atoms with Crippen molar-refractivity contribution in [3.63, 3.8) is 0 Å². The molecule has 2 unspecified atom stereocenters. The van der Waals surface area contributed by atoms with Gasteiger partial charge in [-0.25, -0.2) is 0 Å². The highest BCUT2D eigenvalue weighted by molar-refractivity contribution is 7.10. The number of thiophene rings is 1. The molecule has 2 aliphatic heterocycles. The fraction of sp³-hybridized carbons (Fsp3) is 0.667. The highest BCUT2D eigenvalue weighted by Crippen LogP contribution is 2.34. The van der Waals surface area contributed by atoms with E-state index < -0.39 is 0 Å². The smallest absolute Gasteiger partial charge is 0.237 e. The lowest BCUT2D eigenvalue weighted by atomic mass is 10.1. The Labute approximate surface area is 124 Å². The fourth-order valence-corrected chi connectivity index (χ4v) is 4.17. The second kappa shape index (κ2) is 6.24. The molecule has 4 nitrogen and oxygen atoms in total. The van der Waals surface area contributed by atoms with Gasteiger partial charge in [-0.2, -0.15) is 0 Å². The molecule has 2 fully saturated rings. The summed E-state index contributed by atoms with van der Waals surface area (Å²) >= 11 is 1.74. The Bertz CT molecular complexity index is 449. The molecule has 2 saturated heterocycles. The monoisotopic (exact) mass is 294 g/mol. The normalized spacial score (nSPS) is 27.9. The number of hydrogen-bond acceptors (Lipinski definition) is 4. The van der Waals surface area contributed by atoms with Crippen molar-refractivity contribution in [3.8, 4) is 0 Å². The maximum atomic E-state index is 12.5. The van der Waals surface area contributed by atoms with E-state index in [-0.39, 0.29) is 18.1 Å². The molecule has 5 heteroatoms. The van der Waals surface area contributed by atoms with Gasteiger partial charge in [0.1, 0.15) is 0 Å². The third-order valence-electron chi connectivity index (χ3n) is 4.28. The summed E-state index contributed by atoms with van der Waals surface area (Å²) in [5, 5.41) is 11.8. The number of piperidine rings is 1. The second-order valence-electron chi connectivity index (χ2n) is 5.79. The first-order valence-corrected chi connectivity index (χ1v) is 8.35. The first-order chi connectivity index (χ1) is 9.74. The van der Waals surface area contributed by atoms with Crippen molar-refractivity contribution in [2.45, 2.75) is 37.8 Å². The van der Waals surface area contributed by atoms with Crippen LogP contribution in [0, 0.1) is 0 Å². The average Bonchev–Trinajstić information content (AvgIpc) is 3.09. The summed E-state index contributed by atoms with van der Waals surface area (Å²) in [6.45, 7) is 2.90. The van der Waals surface area contributed by atoms with Crippen molar-refractivity contribution >= 4 is 17.2 Å². The minimum atomic E-state index is -0.261. The molecule has 20 heavy (non-hydrogen) atoms. The predicted molar refractivity (Wildman–Crippen MR) is 79.7 cm³/mol. The van der Waals surface area contributed by atoms with Crippen LogP contribution < -0.4 is 0 Å². The van der Waals surface area contributed by atoms with Gasteiger partial charge in [0, 0.05) is 18.0 Å². The molecule has 0 bridgehead atoms.